The highest BCUT2D eigenvalue weighted by atomic mass is 127. The zero-order valence-corrected chi connectivity index (χ0v) is 19.0. The molecule has 0 spiro atoms. The Kier molecular flexibility index (Phi) is 9.41. The highest BCUT2D eigenvalue weighted by Crippen LogP contribution is 2.28. The summed E-state index contributed by atoms with van der Waals surface area (Å²) < 4.78 is 10.6. The lowest BCUT2D eigenvalue weighted by Gasteiger charge is -2.13. The Hall–Kier alpha value is -1.96. The predicted octanol–water partition coefficient (Wildman–Crippen LogP) is 4.54. The lowest BCUT2D eigenvalue weighted by Crippen LogP contribution is -2.24. The van der Waals surface area contributed by atoms with Crippen LogP contribution < -0.4 is 20.5 Å². The third kappa shape index (κ3) is 7.28. The van der Waals surface area contributed by atoms with Crippen LogP contribution in [0, 0.1) is 19.8 Å². The third-order valence-corrected chi connectivity index (χ3v) is 4.10. The first kappa shape index (κ1) is 23.1. The van der Waals surface area contributed by atoms with E-state index in [-0.39, 0.29) is 24.0 Å². The normalized spacial score (nSPS) is 12.1. The van der Waals surface area contributed by atoms with Crippen LogP contribution in [0.25, 0.3) is 0 Å². The van der Waals surface area contributed by atoms with Crippen LogP contribution in [-0.4, -0.2) is 26.7 Å². The third-order valence-electron chi connectivity index (χ3n) is 4.10. The lowest BCUT2D eigenvalue weighted by atomic mass is 10.0. The van der Waals surface area contributed by atoms with Gasteiger partial charge in [-0.25, -0.2) is 0 Å². The van der Waals surface area contributed by atoms with Crippen molar-refractivity contribution in [2.45, 2.75) is 27.2 Å². The van der Waals surface area contributed by atoms with E-state index in [0.29, 0.717) is 18.4 Å². The number of anilines is 1. The monoisotopic (exact) mass is 483 g/mol. The maximum atomic E-state index is 6.03. The molecule has 0 aliphatic rings. The average molecular weight is 483 g/mol. The number of nitrogens with two attached hydrogens (primary N) is 1. The Bertz CT molecular complexity index is 758. The quantitative estimate of drug-likeness (QED) is 0.345. The van der Waals surface area contributed by atoms with Gasteiger partial charge in [0.05, 0.1) is 14.2 Å². The Morgan fingerprint density at radius 2 is 1.67 bits per heavy atom. The maximum Gasteiger partial charge on any atom is 0.193 e. The molecule has 0 aromatic heterocycles. The molecule has 0 saturated heterocycles. The minimum Gasteiger partial charge on any atom is -0.493 e. The summed E-state index contributed by atoms with van der Waals surface area (Å²) in [4.78, 5) is 4.48. The molecule has 6 heteroatoms. The molecular weight excluding hydrogens is 453 g/mol. The second-order valence-electron chi connectivity index (χ2n) is 6.73. The molecule has 0 bridgehead atoms. The Morgan fingerprint density at radius 3 is 2.26 bits per heavy atom. The van der Waals surface area contributed by atoms with Crippen LogP contribution in [0.4, 0.5) is 5.69 Å². The van der Waals surface area contributed by atoms with E-state index in [1.54, 1.807) is 14.2 Å². The van der Waals surface area contributed by atoms with E-state index in [1.807, 2.05) is 12.1 Å². The van der Waals surface area contributed by atoms with Gasteiger partial charge in [-0.3, -0.25) is 4.99 Å². The molecule has 3 N–H and O–H groups in total. The average Bonchev–Trinajstić information content (AvgIpc) is 2.59. The standard InChI is InChI=1S/C21H29N3O2.HI/c1-14-8-15(2)11-18(10-14)24-21(22)23-13-16(3)9-17-6-7-19(25-4)20(12-17)26-5;/h6-8,10-12,16H,9,13H2,1-5H3,(H3,22,23,24);1H. The van der Waals surface area contributed by atoms with E-state index in [4.69, 9.17) is 15.2 Å². The van der Waals surface area contributed by atoms with Crippen LogP contribution >= 0.6 is 24.0 Å². The van der Waals surface area contributed by atoms with E-state index >= 15 is 0 Å². The number of hydrogen-bond acceptors (Lipinski definition) is 3. The molecule has 0 radical (unpaired) electrons. The van der Waals surface area contributed by atoms with Crippen LogP contribution in [0.2, 0.25) is 0 Å². The summed E-state index contributed by atoms with van der Waals surface area (Å²) in [5, 5.41) is 3.17. The zero-order chi connectivity index (χ0) is 19.1. The Balaban J connectivity index is 0.00000364. The first-order valence-corrected chi connectivity index (χ1v) is 8.77. The van der Waals surface area contributed by atoms with Crippen LogP contribution in [-0.2, 0) is 6.42 Å². The summed E-state index contributed by atoms with van der Waals surface area (Å²) in [5.41, 5.74) is 10.6. The van der Waals surface area contributed by atoms with Crippen molar-refractivity contribution in [3.05, 3.63) is 53.1 Å². The largest absolute Gasteiger partial charge is 0.493 e. The van der Waals surface area contributed by atoms with Gasteiger partial charge in [0.1, 0.15) is 0 Å². The van der Waals surface area contributed by atoms with Crippen LogP contribution in [0.3, 0.4) is 0 Å². The minimum absolute atomic E-state index is 0. The molecule has 0 aliphatic carbocycles. The van der Waals surface area contributed by atoms with E-state index in [1.165, 1.54) is 16.7 Å². The number of rotatable bonds is 7. The van der Waals surface area contributed by atoms with Crippen molar-refractivity contribution in [2.75, 3.05) is 26.1 Å². The Labute approximate surface area is 179 Å². The van der Waals surface area contributed by atoms with Gasteiger partial charge < -0.3 is 20.5 Å². The summed E-state index contributed by atoms with van der Waals surface area (Å²) in [6, 6.07) is 12.2. The highest BCUT2D eigenvalue weighted by molar-refractivity contribution is 14.0. The van der Waals surface area contributed by atoms with Crippen molar-refractivity contribution < 1.29 is 9.47 Å². The molecule has 2 aromatic rings. The summed E-state index contributed by atoms with van der Waals surface area (Å²) in [6.45, 7) is 6.94. The number of halogens is 1. The predicted molar refractivity (Wildman–Crippen MR) is 124 cm³/mol. The number of benzene rings is 2. The fraction of sp³-hybridized carbons (Fsp3) is 0.381. The number of hydrogen-bond donors (Lipinski definition) is 2. The molecule has 0 heterocycles. The molecule has 2 aromatic carbocycles. The summed E-state index contributed by atoms with van der Waals surface area (Å²) in [5.74, 6) is 2.28. The van der Waals surface area contributed by atoms with E-state index in [0.717, 1.165) is 23.6 Å². The number of nitrogens with zero attached hydrogens (tertiary/aromatic N) is 1. The van der Waals surface area contributed by atoms with Gasteiger partial charge >= 0.3 is 0 Å². The first-order valence-electron chi connectivity index (χ1n) is 8.77. The molecule has 0 aliphatic heterocycles. The van der Waals surface area contributed by atoms with E-state index in [9.17, 15) is 0 Å². The molecule has 0 fully saturated rings. The smallest absolute Gasteiger partial charge is 0.193 e. The molecule has 0 amide bonds. The molecule has 148 valence electrons. The fourth-order valence-corrected chi connectivity index (χ4v) is 2.96. The molecule has 27 heavy (non-hydrogen) atoms. The summed E-state index contributed by atoms with van der Waals surface area (Å²) >= 11 is 0. The first-order chi connectivity index (χ1) is 12.4. The molecule has 0 saturated carbocycles. The molecule has 1 unspecified atom stereocenters. The number of guanidine groups is 1. The number of aryl methyl sites for hydroxylation is 2. The highest BCUT2D eigenvalue weighted by Gasteiger charge is 2.08. The van der Waals surface area contributed by atoms with Gasteiger partial charge in [0, 0.05) is 12.2 Å². The summed E-state index contributed by atoms with van der Waals surface area (Å²) in [6.07, 6.45) is 0.890. The van der Waals surface area contributed by atoms with Gasteiger partial charge in [0.15, 0.2) is 17.5 Å². The molecular formula is C21H30IN3O2. The molecule has 1 atom stereocenters. The summed E-state index contributed by atoms with van der Waals surface area (Å²) in [7, 11) is 3.29. The number of methoxy groups -OCH3 is 2. The van der Waals surface area contributed by atoms with Crippen LogP contribution in [0.15, 0.2) is 41.4 Å². The number of nitrogens with one attached hydrogen (secondary N) is 1. The van der Waals surface area contributed by atoms with Gasteiger partial charge in [0.25, 0.3) is 0 Å². The van der Waals surface area contributed by atoms with Crippen molar-refractivity contribution in [1.29, 1.82) is 0 Å². The lowest BCUT2D eigenvalue weighted by molar-refractivity contribution is 0.354. The number of ether oxygens (including phenoxy) is 2. The van der Waals surface area contributed by atoms with Gasteiger partial charge in [-0.2, -0.15) is 0 Å². The zero-order valence-electron chi connectivity index (χ0n) is 16.7. The van der Waals surface area contributed by atoms with Crippen LogP contribution in [0.1, 0.15) is 23.6 Å². The van der Waals surface area contributed by atoms with Crippen molar-refractivity contribution in [3.63, 3.8) is 0 Å². The molecule has 5 nitrogen and oxygen atoms in total. The van der Waals surface area contributed by atoms with Crippen molar-refractivity contribution in [2.24, 2.45) is 16.6 Å². The maximum absolute atomic E-state index is 6.03. The van der Waals surface area contributed by atoms with Gasteiger partial charge in [-0.1, -0.05) is 19.1 Å². The Morgan fingerprint density at radius 1 is 1.04 bits per heavy atom. The van der Waals surface area contributed by atoms with Crippen LogP contribution in [0.5, 0.6) is 11.5 Å². The van der Waals surface area contributed by atoms with Crippen molar-refractivity contribution in [3.8, 4) is 11.5 Å². The fourth-order valence-electron chi connectivity index (χ4n) is 2.96. The van der Waals surface area contributed by atoms with Crippen molar-refractivity contribution >= 4 is 35.6 Å². The molecule has 2 rings (SSSR count). The van der Waals surface area contributed by atoms with E-state index in [2.05, 4.69) is 55.3 Å². The topological polar surface area (TPSA) is 68.9 Å². The van der Waals surface area contributed by atoms with Crippen molar-refractivity contribution in [1.82, 2.24) is 0 Å². The van der Waals surface area contributed by atoms with Gasteiger partial charge in [-0.05, 0) is 67.1 Å². The second kappa shape index (κ2) is 11.0. The minimum atomic E-state index is 0. The second-order valence-corrected chi connectivity index (χ2v) is 6.73. The van der Waals surface area contributed by atoms with Gasteiger partial charge in [0.2, 0.25) is 0 Å². The number of aliphatic imine (C=N–C) groups is 1. The van der Waals surface area contributed by atoms with Gasteiger partial charge in [-0.15, -0.1) is 24.0 Å². The SMILES string of the molecule is COc1ccc(CC(C)CN=C(N)Nc2cc(C)cc(C)c2)cc1OC.I. The van der Waals surface area contributed by atoms with E-state index < -0.39 is 0 Å².